The van der Waals surface area contributed by atoms with Gasteiger partial charge in [0.1, 0.15) is 17.0 Å². The van der Waals surface area contributed by atoms with Crippen LogP contribution in [0.1, 0.15) is 11.3 Å². The molecule has 0 saturated heterocycles. The molecule has 0 atom stereocenters. The van der Waals surface area contributed by atoms with Crippen LogP contribution in [-0.4, -0.2) is 21.6 Å². The van der Waals surface area contributed by atoms with Crippen LogP contribution in [0.4, 0.5) is 26.3 Å². The van der Waals surface area contributed by atoms with Crippen LogP contribution in [-0.2, 0) is 12.8 Å². The first-order chi connectivity index (χ1) is 8.06. The Kier molecular flexibility index (Phi) is 3.60. The normalized spacial score (nSPS) is 12.6. The largest absolute Gasteiger partial charge is 0.573 e. The van der Waals surface area contributed by atoms with Crippen LogP contribution in [0.5, 0.6) is 11.5 Å². The summed E-state index contributed by atoms with van der Waals surface area (Å²) < 4.78 is 76.5. The van der Waals surface area contributed by atoms with Gasteiger partial charge in [-0.05, 0) is 0 Å². The second-order valence-electron chi connectivity index (χ2n) is 3.00. The smallest absolute Gasteiger partial charge is 0.506 e. The molecule has 4 nitrogen and oxygen atoms in total. The lowest BCUT2D eigenvalue weighted by Gasteiger charge is -2.18. The number of aromatic nitrogens is 1. The minimum atomic E-state index is -5.42. The lowest BCUT2D eigenvalue weighted by molar-refractivity contribution is -0.276. The predicted octanol–water partition coefficient (Wildman–Crippen LogP) is 2.20. The predicted molar refractivity (Wildman–Crippen MR) is 43.5 cm³/mol. The molecule has 1 aromatic heterocycles. The van der Waals surface area contributed by atoms with E-state index >= 15 is 0 Å². The molecule has 1 rings (SSSR count). The number of aliphatic hydroxyl groups is 1. The summed E-state index contributed by atoms with van der Waals surface area (Å²) in [5.74, 6) is -3.29. The van der Waals surface area contributed by atoms with Gasteiger partial charge in [-0.3, -0.25) is 4.98 Å². The maximum Gasteiger partial charge on any atom is 0.573 e. The summed E-state index contributed by atoms with van der Waals surface area (Å²) in [6.45, 7) is -1.21. The molecule has 0 bridgehead atoms. The van der Waals surface area contributed by atoms with Crippen molar-refractivity contribution in [2.24, 2.45) is 0 Å². The highest BCUT2D eigenvalue weighted by atomic mass is 19.4. The van der Waals surface area contributed by atoms with Gasteiger partial charge in [0.15, 0.2) is 5.75 Å². The van der Waals surface area contributed by atoms with Crippen LogP contribution < -0.4 is 4.74 Å². The number of hydrogen-bond acceptors (Lipinski definition) is 4. The highest BCUT2D eigenvalue weighted by Gasteiger charge is 2.43. The van der Waals surface area contributed by atoms with Gasteiger partial charge in [-0.2, -0.15) is 13.2 Å². The third-order valence-electron chi connectivity index (χ3n) is 1.74. The van der Waals surface area contributed by atoms with Crippen LogP contribution in [0.3, 0.4) is 0 Å². The molecule has 0 unspecified atom stereocenters. The Hall–Kier alpha value is -1.71. The zero-order valence-electron chi connectivity index (χ0n) is 8.30. The fourth-order valence-corrected chi connectivity index (χ4v) is 1.14. The van der Waals surface area contributed by atoms with E-state index in [4.69, 9.17) is 10.2 Å². The molecule has 0 aliphatic carbocycles. The molecule has 0 radical (unpaired) electrons. The maximum absolute atomic E-state index is 12.5. The van der Waals surface area contributed by atoms with Gasteiger partial charge in [-0.25, -0.2) is 0 Å². The van der Waals surface area contributed by atoms with E-state index in [1.807, 2.05) is 0 Å². The number of rotatable bonds is 2. The molecule has 0 aliphatic rings. The Morgan fingerprint density at radius 2 is 1.72 bits per heavy atom. The Balaban J connectivity index is 3.47. The van der Waals surface area contributed by atoms with Gasteiger partial charge in [0.25, 0.3) is 0 Å². The second kappa shape index (κ2) is 4.52. The topological polar surface area (TPSA) is 62.6 Å². The van der Waals surface area contributed by atoms with Crippen molar-refractivity contribution < 1.29 is 41.3 Å². The lowest BCUT2D eigenvalue weighted by atomic mass is 10.1. The number of halogens is 6. The van der Waals surface area contributed by atoms with Gasteiger partial charge < -0.3 is 14.9 Å². The molecule has 1 heterocycles. The zero-order valence-corrected chi connectivity index (χ0v) is 8.30. The van der Waals surface area contributed by atoms with Crippen molar-refractivity contribution in [3.8, 4) is 11.5 Å². The lowest BCUT2D eigenvalue weighted by Crippen LogP contribution is -2.22. The van der Waals surface area contributed by atoms with Crippen molar-refractivity contribution in [3.05, 3.63) is 17.5 Å². The van der Waals surface area contributed by atoms with Gasteiger partial charge in [0.05, 0.1) is 12.8 Å². The Bertz CT molecular complexity index is 442. The summed E-state index contributed by atoms with van der Waals surface area (Å²) in [7, 11) is 0. The molecular formula is C8H5F6NO3. The van der Waals surface area contributed by atoms with Crippen molar-refractivity contribution in [2.45, 2.75) is 19.1 Å². The molecule has 102 valence electrons. The number of alkyl halides is 6. The van der Waals surface area contributed by atoms with E-state index in [1.54, 1.807) is 0 Å². The van der Waals surface area contributed by atoms with Crippen molar-refractivity contribution in [3.63, 3.8) is 0 Å². The number of pyridine rings is 1. The minimum absolute atomic E-state index is 0.275. The standard InChI is InChI=1S/C8H5F6NO3/c9-7(10,11)5-4(17)1-15-3(2-16)6(5)18-8(12,13)14/h1,16-17H,2H2. The van der Waals surface area contributed by atoms with Crippen LogP contribution >= 0.6 is 0 Å². The average molecular weight is 277 g/mol. The van der Waals surface area contributed by atoms with Crippen molar-refractivity contribution >= 4 is 0 Å². The summed E-state index contributed by atoms with van der Waals surface area (Å²) in [5.41, 5.74) is -3.03. The third kappa shape index (κ3) is 3.15. The third-order valence-corrected chi connectivity index (χ3v) is 1.74. The van der Waals surface area contributed by atoms with Crippen LogP contribution in [0, 0.1) is 0 Å². The quantitative estimate of drug-likeness (QED) is 0.813. The summed E-state index contributed by atoms with van der Waals surface area (Å²) in [4.78, 5) is 3.03. The number of aromatic hydroxyl groups is 1. The number of aliphatic hydroxyl groups excluding tert-OH is 1. The molecular weight excluding hydrogens is 272 g/mol. The molecule has 0 saturated carbocycles. The van der Waals surface area contributed by atoms with Gasteiger partial charge in [-0.1, -0.05) is 0 Å². The first kappa shape index (κ1) is 14.4. The molecule has 0 aliphatic heterocycles. The zero-order chi connectivity index (χ0) is 14.1. The van der Waals surface area contributed by atoms with E-state index < -0.39 is 41.9 Å². The molecule has 0 aromatic carbocycles. The van der Waals surface area contributed by atoms with E-state index in [0.717, 1.165) is 0 Å². The highest BCUT2D eigenvalue weighted by molar-refractivity contribution is 5.47. The van der Waals surface area contributed by atoms with Crippen LogP contribution in [0.25, 0.3) is 0 Å². The monoisotopic (exact) mass is 277 g/mol. The van der Waals surface area contributed by atoms with Gasteiger partial charge in [0, 0.05) is 0 Å². The van der Waals surface area contributed by atoms with Crippen molar-refractivity contribution in [1.82, 2.24) is 4.98 Å². The number of hydrogen-bond donors (Lipinski definition) is 2. The van der Waals surface area contributed by atoms with Gasteiger partial charge in [0.2, 0.25) is 0 Å². The van der Waals surface area contributed by atoms with E-state index in [1.165, 1.54) is 0 Å². The van der Waals surface area contributed by atoms with Crippen molar-refractivity contribution in [1.29, 1.82) is 0 Å². The molecule has 18 heavy (non-hydrogen) atoms. The molecule has 0 amide bonds. The molecule has 0 spiro atoms. The second-order valence-corrected chi connectivity index (χ2v) is 3.00. The SMILES string of the molecule is OCc1ncc(O)c(C(F)(F)F)c1OC(F)(F)F. The summed E-state index contributed by atoms with van der Waals surface area (Å²) in [6.07, 6.45) is -10.4. The first-order valence-electron chi connectivity index (χ1n) is 4.21. The number of ether oxygens (including phenoxy) is 1. The average Bonchev–Trinajstić information content (AvgIpc) is 2.13. The molecule has 10 heteroatoms. The van der Waals surface area contributed by atoms with E-state index in [9.17, 15) is 26.3 Å². The fraction of sp³-hybridized carbons (Fsp3) is 0.375. The van der Waals surface area contributed by atoms with Crippen molar-refractivity contribution in [2.75, 3.05) is 0 Å². The Labute approximate surface area is 95.4 Å². The van der Waals surface area contributed by atoms with Crippen LogP contribution in [0.2, 0.25) is 0 Å². The first-order valence-corrected chi connectivity index (χ1v) is 4.21. The van der Waals surface area contributed by atoms with E-state index in [2.05, 4.69) is 9.72 Å². The maximum atomic E-state index is 12.5. The molecule has 2 N–H and O–H groups in total. The summed E-state index contributed by atoms with van der Waals surface area (Å²) >= 11 is 0. The minimum Gasteiger partial charge on any atom is -0.506 e. The fourth-order valence-electron chi connectivity index (χ4n) is 1.14. The van der Waals surface area contributed by atoms with E-state index in [0.29, 0.717) is 0 Å². The molecule has 0 fully saturated rings. The van der Waals surface area contributed by atoms with Gasteiger partial charge >= 0.3 is 12.5 Å². The Morgan fingerprint density at radius 1 is 1.17 bits per heavy atom. The molecule has 1 aromatic rings. The highest BCUT2D eigenvalue weighted by Crippen LogP contribution is 2.44. The van der Waals surface area contributed by atoms with Gasteiger partial charge in [-0.15, -0.1) is 13.2 Å². The Morgan fingerprint density at radius 3 is 2.11 bits per heavy atom. The number of nitrogens with zero attached hydrogens (tertiary/aromatic N) is 1. The summed E-state index contributed by atoms with van der Waals surface area (Å²) in [5, 5.41) is 17.6. The van der Waals surface area contributed by atoms with E-state index in [-0.39, 0.29) is 6.20 Å². The summed E-state index contributed by atoms with van der Waals surface area (Å²) in [6, 6.07) is 0. The van der Waals surface area contributed by atoms with Crippen LogP contribution in [0.15, 0.2) is 6.20 Å².